The molecular formula is C16H16F3N7O5S2. The summed E-state index contributed by atoms with van der Waals surface area (Å²) >= 11 is 1.17. The molecule has 3 rings (SSSR count). The summed E-state index contributed by atoms with van der Waals surface area (Å²) in [7, 11) is -2.56. The number of anilines is 1. The number of ether oxygens (including phenoxy) is 2. The Bertz CT molecular complexity index is 1280. The maximum absolute atomic E-state index is 13.6. The van der Waals surface area contributed by atoms with Gasteiger partial charge in [-0.2, -0.15) is 41.2 Å². The van der Waals surface area contributed by atoms with E-state index in [0.717, 1.165) is 0 Å². The quantitative estimate of drug-likeness (QED) is 0.456. The molecule has 3 aromatic rings. The molecule has 0 radical (unpaired) electrons. The maximum atomic E-state index is 13.6. The molecule has 2 amide bonds. The van der Waals surface area contributed by atoms with Crippen LogP contribution in [0.3, 0.4) is 0 Å². The van der Waals surface area contributed by atoms with Gasteiger partial charge >= 0.3 is 12.2 Å². The average Bonchev–Trinajstić information content (AvgIpc) is 3.13. The molecule has 0 fully saturated rings. The zero-order chi connectivity index (χ0) is 24.4. The Morgan fingerprint density at radius 3 is 2.33 bits per heavy atom. The van der Waals surface area contributed by atoms with E-state index in [-0.39, 0.29) is 22.4 Å². The normalized spacial score (nSPS) is 11.9. The van der Waals surface area contributed by atoms with Crippen molar-refractivity contribution in [3.63, 3.8) is 0 Å². The molecule has 17 heteroatoms. The summed E-state index contributed by atoms with van der Waals surface area (Å²) in [6.07, 6.45) is -5.14. The lowest BCUT2D eigenvalue weighted by Crippen LogP contribution is -2.36. The van der Waals surface area contributed by atoms with Gasteiger partial charge in [0.1, 0.15) is 5.03 Å². The number of aromatic nitrogens is 5. The lowest BCUT2D eigenvalue weighted by molar-refractivity contribution is -0.143. The van der Waals surface area contributed by atoms with Crippen molar-refractivity contribution in [3.05, 3.63) is 23.9 Å². The van der Waals surface area contributed by atoms with Gasteiger partial charge in [-0.15, -0.1) is 11.8 Å². The number of nitrogens with zero attached hydrogens (tertiary/aromatic N) is 5. The molecule has 0 saturated carbocycles. The van der Waals surface area contributed by atoms with Gasteiger partial charge in [-0.05, 0) is 17.9 Å². The van der Waals surface area contributed by atoms with Crippen LogP contribution in [-0.4, -0.2) is 59.0 Å². The zero-order valence-corrected chi connectivity index (χ0v) is 18.8. The van der Waals surface area contributed by atoms with Gasteiger partial charge in [0.2, 0.25) is 22.7 Å². The van der Waals surface area contributed by atoms with Crippen LogP contribution in [0, 0.1) is 0 Å². The van der Waals surface area contributed by atoms with Crippen LogP contribution in [0.25, 0.3) is 5.65 Å². The number of sulfonamides is 1. The molecule has 0 unspecified atom stereocenters. The fraction of sp³-hybridized carbons (Fsp3) is 0.312. The first-order valence-corrected chi connectivity index (χ1v) is 11.4. The Hall–Kier alpha value is -3.34. The van der Waals surface area contributed by atoms with Crippen LogP contribution in [0.2, 0.25) is 0 Å². The zero-order valence-electron chi connectivity index (χ0n) is 17.2. The predicted molar refractivity (Wildman–Crippen MR) is 109 cm³/mol. The molecule has 12 nitrogen and oxygen atoms in total. The number of hydrogen-bond donors (Lipinski definition) is 2. The average molecular weight is 507 g/mol. The largest absolute Gasteiger partial charge is 0.481 e. The van der Waals surface area contributed by atoms with Crippen molar-refractivity contribution in [2.24, 2.45) is 0 Å². The fourth-order valence-electron chi connectivity index (χ4n) is 2.51. The Balaban J connectivity index is 2.00. The highest BCUT2D eigenvalue weighted by atomic mass is 32.2. The summed E-state index contributed by atoms with van der Waals surface area (Å²) in [5.74, 6) is 0.0666. The minimum Gasteiger partial charge on any atom is -0.481 e. The first-order valence-electron chi connectivity index (χ1n) is 8.89. The van der Waals surface area contributed by atoms with Crippen LogP contribution in [-0.2, 0) is 16.2 Å². The number of hydrogen-bond acceptors (Lipinski definition) is 10. The third kappa shape index (κ3) is 5.36. The lowest BCUT2D eigenvalue weighted by Gasteiger charge is -2.11. The van der Waals surface area contributed by atoms with E-state index in [1.165, 1.54) is 48.9 Å². The highest BCUT2D eigenvalue weighted by Crippen LogP contribution is 2.34. The molecule has 0 bridgehead atoms. The van der Waals surface area contributed by atoms with Crippen molar-refractivity contribution in [1.82, 2.24) is 29.3 Å². The lowest BCUT2D eigenvalue weighted by atomic mass is 10.5. The molecule has 0 atom stereocenters. The number of methoxy groups -OCH3 is 2. The summed E-state index contributed by atoms with van der Waals surface area (Å²) in [4.78, 5) is 23.2. The molecule has 178 valence electrons. The van der Waals surface area contributed by atoms with Gasteiger partial charge in [-0.25, -0.2) is 14.5 Å². The van der Waals surface area contributed by atoms with Crippen LogP contribution < -0.4 is 19.5 Å². The van der Waals surface area contributed by atoms with E-state index < -0.39 is 38.9 Å². The van der Waals surface area contributed by atoms with E-state index in [1.54, 1.807) is 6.92 Å². The number of thioether (sulfide) groups is 1. The second-order valence-electron chi connectivity index (χ2n) is 5.97. The molecule has 3 aromatic heterocycles. The Morgan fingerprint density at radius 2 is 1.79 bits per heavy atom. The molecule has 0 aliphatic rings. The molecular weight excluding hydrogens is 491 g/mol. The maximum Gasteiger partial charge on any atom is 0.436 e. The second kappa shape index (κ2) is 9.26. The number of alkyl halides is 3. The molecule has 0 aliphatic carbocycles. The summed E-state index contributed by atoms with van der Waals surface area (Å²) in [6.45, 7) is 1.78. The van der Waals surface area contributed by atoms with E-state index in [4.69, 9.17) is 9.47 Å². The van der Waals surface area contributed by atoms with Gasteiger partial charge in [0.25, 0.3) is 10.0 Å². The number of imidazole rings is 1. The van der Waals surface area contributed by atoms with Gasteiger partial charge in [-0.3, -0.25) is 5.32 Å². The summed E-state index contributed by atoms with van der Waals surface area (Å²) < 4.78 is 78.2. The van der Waals surface area contributed by atoms with E-state index >= 15 is 0 Å². The highest BCUT2D eigenvalue weighted by Gasteiger charge is 2.43. The standard InChI is InChI=1S/C16H16F3N7O5S2/c1-4-32-11-6-5-8-20-12(16(17,18)19)13(26(8)24-11)33(28,29)25-15(27)23-14-21-9(30-2)7-10(22-14)31-3/h5-7H,4H2,1-3H3,(H2,21,22,23,25,27). The van der Waals surface area contributed by atoms with Crippen LogP contribution in [0.4, 0.5) is 23.9 Å². The Morgan fingerprint density at radius 1 is 1.15 bits per heavy atom. The first kappa shape index (κ1) is 24.3. The van der Waals surface area contributed by atoms with Crippen molar-refractivity contribution in [3.8, 4) is 11.8 Å². The van der Waals surface area contributed by atoms with Crippen LogP contribution in [0.5, 0.6) is 11.8 Å². The number of carbonyl (C=O) groups excluding carboxylic acids is 1. The smallest absolute Gasteiger partial charge is 0.436 e. The third-order valence-corrected chi connectivity index (χ3v) is 5.91. The van der Waals surface area contributed by atoms with Gasteiger partial charge in [-0.1, -0.05) is 6.92 Å². The van der Waals surface area contributed by atoms with E-state index in [9.17, 15) is 26.4 Å². The van der Waals surface area contributed by atoms with Crippen molar-refractivity contribution < 1.29 is 35.9 Å². The van der Waals surface area contributed by atoms with Gasteiger partial charge in [0.05, 0.1) is 20.3 Å². The Kier molecular flexibility index (Phi) is 6.82. The number of halogens is 3. The molecule has 0 spiro atoms. The molecule has 3 heterocycles. The van der Waals surface area contributed by atoms with Crippen molar-refractivity contribution in [2.45, 2.75) is 23.2 Å². The minimum atomic E-state index is -5.14. The van der Waals surface area contributed by atoms with Crippen LogP contribution in [0.1, 0.15) is 12.6 Å². The van der Waals surface area contributed by atoms with E-state index in [1.807, 2.05) is 5.32 Å². The molecule has 0 aromatic carbocycles. The fourth-order valence-corrected chi connectivity index (χ4v) is 4.28. The SMILES string of the molecule is CCSc1ccc2nc(C(F)(F)F)c(S(=O)(=O)NC(=O)Nc3nc(OC)cc(OC)n3)n2n1. The highest BCUT2D eigenvalue weighted by molar-refractivity contribution is 7.99. The van der Waals surface area contributed by atoms with Gasteiger partial charge in [0, 0.05) is 0 Å². The van der Waals surface area contributed by atoms with Crippen LogP contribution >= 0.6 is 11.8 Å². The van der Waals surface area contributed by atoms with Gasteiger partial charge in [0.15, 0.2) is 11.3 Å². The van der Waals surface area contributed by atoms with Gasteiger partial charge < -0.3 is 9.47 Å². The number of nitrogens with one attached hydrogen (secondary N) is 2. The number of carbonyl (C=O) groups is 1. The molecule has 0 saturated heterocycles. The van der Waals surface area contributed by atoms with Crippen molar-refractivity contribution in [2.75, 3.05) is 25.3 Å². The molecule has 2 N–H and O–H groups in total. The number of urea groups is 1. The van der Waals surface area contributed by atoms with Crippen molar-refractivity contribution >= 4 is 39.4 Å². The summed E-state index contributed by atoms with van der Waals surface area (Å²) in [5.41, 5.74) is -2.10. The molecule has 33 heavy (non-hydrogen) atoms. The predicted octanol–water partition coefficient (Wildman–Crippen LogP) is 2.18. The minimum absolute atomic E-state index is 0.0219. The van der Waals surface area contributed by atoms with E-state index in [0.29, 0.717) is 10.3 Å². The Labute approximate surface area is 189 Å². The number of amides is 2. The number of fused-ring (bicyclic) bond motifs is 1. The third-order valence-electron chi connectivity index (χ3n) is 3.78. The van der Waals surface area contributed by atoms with E-state index in [2.05, 4.69) is 20.1 Å². The summed E-state index contributed by atoms with van der Waals surface area (Å²) in [6, 6.07) is 2.44. The first-order chi connectivity index (χ1) is 15.5. The second-order valence-corrected chi connectivity index (χ2v) is 8.86. The molecule has 0 aliphatic heterocycles. The number of rotatable bonds is 7. The van der Waals surface area contributed by atoms with Crippen molar-refractivity contribution in [1.29, 1.82) is 0 Å². The topological polar surface area (TPSA) is 150 Å². The monoisotopic (exact) mass is 507 g/mol. The van der Waals surface area contributed by atoms with Crippen LogP contribution in [0.15, 0.2) is 28.3 Å². The summed E-state index contributed by atoms with van der Waals surface area (Å²) in [5, 5.41) is 4.82.